The first kappa shape index (κ1) is 22.1. The van der Waals surface area contributed by atoms with E-state index in [-0.39, 0.29) is 0 Å². The molecule has 2 unspecified atom stereocenters. The first-order chi connectivity index (χ1) is 12.0. The van der Waals surface area contributed by atoms with E-state index < -0.39 is 0 Å². The van der Waals surface area contributed by atoms with Crippen molar-refractivity contribution in [2.45, 2.75) is 31.6 Å². The number of alkyl halides is 2. The summed E-state index contributed by atoms with van der Waals surface area (Å²) in [6, 6.07) is 13.9. The Hall–Kier alpha value is -0.950. The molecule has 0 aliphatic rings. The van der Waals surface area contributed by atoms with Crippen LogP contribution in [0.1, 0.15) is 26.2 Å². The molecule has 0 radical (unpaired) electrons. The number of methoxy groups -OCH3 is 2. The Morgan fingerprint density at radius 2 is 1.60 bits per heavy atom. The van der Waals surface area contributed by atoms with E-state index in [2.05, 4.69) is 9.24 Å². The van der Waals surface area contributed by atoms with Crippen molar-refractivity contribution >= 4 is 37.7 Å². The van der Waals surface area contributed by atoms with E-state index >= 15 is 0 Å². The van der Waals surface area contributed by atoms with Crippen LogP contribution in [0.2, 0.25) is 0 Å². The van der Waals surface area contributed by atoms with Crippen molar-refractivity contribution in [2.75, 3.05) is 20.1 Å². The summed E-state index contributed by atoms with van der Waals surface area (Å²) in [6.07, 6.45) is 3.35. The summed E-state index contributed by atoms with van der Waals surface area (Å²) in [6.45, 7) is 2.01. The highest BCUT2D eigenvalue weighted by Gasteiger charge is 2.12. The van der Waals surface area contributed by atoms with Crippen molar-refractivity contribution in [3.8, 4) is 22.6 Å². The fourth-order valence-electron chi connectivity index (χ4n) is 2.38. The van der Waals surface area contributed by atoms with E-state index in [0.717, 1.165) is 53.1 Å². The topological polar surface area (TPSA) is 18.5 Å². The lowest BCUT2D eigenvalue weighted by Crippen LogP contribution is -2.01. The molecule has 5 heteroatoms. The van der Waals surface area contributed by atoms with Gasteiger partial charge in [-0.1, -0.05) is 36.8 Å². The maximum atomic E-state index is 5.67. The summed E-state index contributed by atoms with van der Waals surface area (Å²) in [5, 5.41) is 1.41. The van der Waals surface area contributed by atoms with Crippen LogP contribution < -0.4 is 14.8 Å². The van der Waals surface area contributed by atoms with E-state index in [0.29, 0.717) is 5.38 Å². The van der Waals surface area contributed by atoms with Gasteiger partial charge in [0.05, 0.1) is 14.2 Å². The van der Waals surface area contributed by atoms with Gasteiger partial charge in [0, 0.05) is 22.4 Å². The number of halogens is 2. The third-order valence-electron chi connectivity index (χ3n) is 3.64. The molecule has 0 bridgehead atoms. The molecule has 2 aromatic rings. The minimum atomic E-state index is 0.318. The molecule has 25 heavy (non-hydrogen) atoms. The van der Waals surface area contributed by atoms with Gasteiger partial charge in [-0.05, 0) is 37.2 Å². The molecule has 0 amide bonds. The average Bonchev–Trinajstić information content (AvgIpc) is 2.62. The summed E-state index contributed by atoms with van der Waals surface area (Å²) >= 11 is 11.1. The molecule has 2 aromatic carbocycles. The van der Waals surface area contributed by atoms with Crippen LogP contribution in [0.3, 0.4) is 0 Å². The molecule has 2 rings (SSSR count). The van der Waals surface area contributed by atoms with Crippen molar-refractivity contribution in [1.29, 1.82) is 0 Å². The maximum Gasteiger partial charge on any atom is 0.127 e. The first-order valence-corrected chi connectivity index (χ1v) is 9.85. The van der Waals surface area contributed by atoms with Crippen molar-refractivity contribution < 1.29 is 9.47 Å². The molecule has 0 fully saturated rings. The van der Waals surface area contributed by atoms with Gasteiger partial charge >= 0.3 is 0 Å². The van der Waals surface area contributed by atoms with Crippen molar-refractivity contribution in [2.24, 2.45) is 0 Å². The van der Waals surface area contributed by atoms with Gasteiger partial charge in [0.2, 0.25) is 0 Å². The van der Waals surface area contributed by atoms with Crippen molar-refractivity contribution in [1.82, 2.24) is 0 Å². The molecule has 0 aliphatic heterocycles. The number of hydrogen-bond donors (Lipinski definition) is 0. The number of rotatable bonds is 7. The van der Waals surface area contributed by atoms with Crippen LogP contribution in [0.4, 0.5) is 0 Å². The van der Waals surface area contributed by atoms with Crippen LogP contribution in [-0.2, 0) is 0 Å². The van der Waals surface area contributed by atoms with Crippen LogP contribution in [-0.4, -0.2) is 25.5 Å². The predicted octanol–water partition coefficient (Wildman–Crippen LogP) is 5.89. The van der Waals surface area contributed by atoms with Crippen LogP contribution in [0.25, 0.3) is 11.1 Å². The number of unbranched alkanes of at least 4 members (excludes halogenated alkanes) is 1. The van der Waals surface area contributed by atoms with Gasteiger partial charge in [0.1, 0.15) is 11.5 Å². The molecule has 2 atom stereocenters. The third-order valence-corrected chi connectivity index (χ3v) is 4.61. The van der Waals surface area contributed by atoms with Gasteiger partial charge in [-0.25, -0.2) is 0 Å². The zero-order valence-electron chi connectivity index (χ0n) is 15.1. The molecule has 0 saturated carbocycles. The Bertz CT molecular complexity index is 633. The summed E-state index contributed by atoms with van der Waals surface area (Å²) < 4.78 is 10.8. The first-order valence-electron chi connectivity index (χ1n) is 8.31. The number of ether oxygens (including phenoxy) is 2. The Morgan fingerprint density at radius 1 is 0.960 bits per heavy atom. The zero-order valence-corrected chi connectivity index (χ0v) is 17.8. The number of hydrogen-bond acceptors (Lipinski definition) is 2. The van der Waals surface area contributed by atoms with Crippen LogP contribution in [0.15, 0.2) is 42.5 Å². The maximum absolute atomic E-state index is 5.67. The standard InChI is InChI=1S/C14H15O2P.C6H12Cl2/c1-15-11-7-4-3-6-10(11)14-12(16-2)8-5-9-13(14)17;1-6(8)4-2-3-5-7/h3-9H,17H2,1-2H3;6H,2-5H2,1H3. The second-order valence-corrected chi connectivity index (χ2v) is 7.34. The van der Waals surface area contributed by atoms with E-state index in [4.69, 9.17) is 32.7 Å². The van der Waals surface area contributed by atoms with Crippen LogP contribution in [0.5, 0.6) is 11.5 Å². The van der Waals surface area contributed by atoms with Gasteiger partial charge in [0.25, 0.3) is 0 Å². The van der Waals surface area contributed by atoms with Gasteiger partial charge in [-0.15, -0.1) is 32.4 Å². The summed E-state index contributed by atoms with van der Waals surface area (Å²) in [4.78, 5) is 0. The highest BCUT2D eigenvalue weighted by atomic mass is 35.5. The fraction of sp³-hybridized carbons (Fsp3) is 0.400. The zero-order chi connectivity index (χ0) is 18.7. The molecule has 138 valence electrons. The van der Waals surface area contributed by atoms with Gasteiger partial charge in [-0.2, -0.15) is 0 Å². The van der Waals surface area contributed by atoms with Gasteiger partial charge in [0.15, 0.2) is 0 Å². The summed E-state index contributed by atoms with van der Waals surface area (Å²) in [5.41, 5.74) is 2.09. The number of para-hydroxylation sites is 1. The second-order valence-electron chi connectivity index (χ2n) is 5.59. The number of benzene rings is 2. The Balaban J connectivity index is 0.000000333. The lowest BCUT2D eigenvalue weighted by Gasteiger charge is -2.14. The van der Waals surface area contributed by atoms with E-state index in [1.807, 2.05) is 49.4 Å². The van der Waals surface area contributed by atoms with Crippen LogP contribution in [0, 0.1) is 0 Å². The third kappa shape index (κ3) is 7.44. The molecule has 0 spiro atoms. The smallest absolute Gasteiger partial charge is 0.127 e. The quantitative estimate of drug-likeness (QED) is 0.327. The van der Waals surface area contributed by atoms with Gasteiger partial charge < -0.3 is 9.47 Å². The highest BCUT2D eigenvalue weighted by Crippen LogP contribution is 2.35. The molecular weight excluding hydrogens is 374 g/mol. The molecule has 0 saturated heterocycles. The molecule has 0 N–H and O–H groups in total. The SMILES string of the molecule is CC(Cl)CCCCCl.COc1ccccc1-c1c(P)cccc1OC. The summed E-state index contributed by atoms with van der Waals surface area (Å²) in [7, 11) is 6.09. The lowest BCUT2D eigenvalue weighted by atomic mass is 10.0. The Labute approximate surface area is 164 Å². The van der Waals surface area contributed by atoms with Crippen molar-refractivity contribution in [3.63, 3.8) is 0 Å². The normalized spacial score (nSPS) is 11.3. The van der Waals surface area contributed by atoms with E-state index in [9.17, 15) is 0 Å². The van der Waals surface area contributed by atoms with Crippen molar-refractivity contribution in [3.05, 3.63) is 42.5 Å². The van der Waals surface area contributed by atoms with E-state index in [1.165, 1.54) is 0 Å². The second kappa shape index (κ2) is 12.4. The monoisotopic (exact) mass is 400 g/mol. The molecule has 0 aliphatic carbocycles. The summed E-state index contributed by atoms with van der Waals surface area (Å²) in [5.74, 6) is 2.46. The van der Waals surface area contributed by atoms with Gasteiger partial charge in [-0.3, -0.25) is 0 Å². The largest absolute Gasteiger partial charge is 0.496 e. The Kier molecular flexibility index (Phi) is 11.0. The molecule has 0 heterocycles. The minimum Gasteiger partial charge on any atom is -0.496 e. The lowest BCUT2D eigenvalue weighted by molar-refractivity contribution is 0.410. The van der Waals surface area contributed by atoms with E-state index in [1.54, 1.807) is 14.2 Å². The minimum absolute atomic E-state index is 0.318. The van der Waals surface area contributed by atoms with Crippen LogP contribution >= 0.6 is 32.4 Å². The molecule has 0 aromatic heterocycles. The molecule has 2 nitrogen and oxygen atoms in total. The molecular formula is C20H27Cl2O2P. The Morgan fingerprint density at radius 3 is 2.20 bits per heavy atom. The highest BCUT2D eigenvalue weighted by molar-refractivity contribution is 7.28. The predicted molar refractivity (Wildman–Crippen MR) is 114 cm³/mol. The fourth-order valence-corrected chi connectivity index (χ4v) is 3.13. The average molecular weight is 401 g/mol.